The van der Waals surface area contributed by atoms with Crippen molar-refractivity contribution in [3.63, 3.8) is 0 Å². The van der Waals surface area contributed by atoms with Crippen LogP contribution in [0.2, 0.25) is 5.02 Å². The van der Waals surface area contributed by atoms with Gasteiger partial charge in [0.05, 0.1) is 21.3 Å². The summed E-state index contributed by atoms with van der Waals surface area (Å²) in [5, 5.41) is 1.57. The van der Waals surface area contributed by atoms with Crippen molar-refractivity contribution < 1.29 is 35.9 Å². The van der Waals surface area contributed by atoms with Crippen molar-refractivity contribution in [1.82, 2.24) is 0 Å². The molecule has 0 radical (unpaired) electrons. The number of ether oxygens (including phenoxy) is 2. The largest absolute Gasteiger partial charge is 0.353 e. The van der Waals surface area contributed by atoms with Crippen molar-refractivity contribution in [2.75, 3.05) is 11.9 Å². The maximum absolute atomic E-state index is 13.6. The van der Waals surface area contributed by atoms with Gasteiger partial charge in [0, 0.05) is 36.4 Å². The first kappa shape index (κ1) is 25.5. The van der Waals surface area contributed by atoms with Crippen molar-refractivity contribution >= 4 is 33.0 Å². The van der Waals surface area contributed by atoms with E-state index in [1.165, 1.54) is 18.2 Å². The number of carbonyl (C=O) groups excluding carboxylic acids is 1. The number of sulfone groups is 1. The highest BCUT2D eigenvalue weighted by Gasteiger charge is 2.48. The van der Waals surface area contributed by atoms with E-state index in [9.17, 15) is 26.4 Å². The van der Waals surface area contributed by atoms with Crippen LogP contribution in [0.15, 0.2) is 35.2 Å². The van der Waals surface area contributed by atoms with E-state index >= 15 is 0 Å². The Balaban J connectivity index is 1.34. The van der Waals surface area contributed by atoms with E-state index in [0.29, 0.717) is 31.6 Å². The zero-order chi connectivity index (χ0) is 25.6. The number of carbonyl (C=O) groups is 1. The van der Waals surface area contributed by atoms with E-state index in [1.54, 1.807) is 0 Å². The average Bonchev–Trinajstić information content (AvgIpc) is 3.42. The van der Waals surface area contributed by atoms with Gasteiger partial charge < -0.3 is 14.8 Å². The average molecular weight is 544 g/mol. The van der Waals surface area contributed by atoms with Crippen LogP contribution < -0.4 is 5.32 Å². The van der Waals surface area contributed by atoms with Crippen molar-refractivity contribution in [3.8, 4) is 0 Å². The van der Waals surface area contributed by atoms with E-state index in [4.69, 9.17) is 21.1 Å². The molecule has 2 bridgehead atoms. The molecular weight excluding hydrogens is 519 g/mol. The fourth-order valence-electron chi connectivity index (χ4n) is 5.60. The molecule has 194 valence electrons. The van der Waals surface area contributed by atoms with Crippen LogP contribution in [0.25, 0.3) is 0 Å². The zero-order valence-corrected chi connectivity index (χ0v) is 20.8. The molecular formula is C25H25ClF3NO5S. The van der Waals surface area contributed by atoms with Gasteiger partial charge in [0.15, 0.2) is 33.6 Å². The summed E-state index contributed by atoms with van der Waals surface area (Å²) in [6.07, 6.45) is 4.18. The number of nitrogens with one attached hydrogen (secondary N) is 1. The number of fused-ring (bicyclic) bond motifs is 2. The molecule has 1 saturated heterocycles. The Labute approximate surface area is 212 Å². The Bertz CT molecular complexity index is 1250. The van der Waals surface area contributed by atoms with Gasteiger partial charge in [-0.15, -0.1) is 0 Å². The molecule has 1 heterocycles. The second-order valence-electron chi connectivity index (χ2n) is 9.63. The normalized spacial score (nSPS) is 27.8. The van der Waals surface area contributed by atoms with E-state index in [0.717, 1.165) is 25.7 Å². The van der Waals surface area contributed by atoms with Crippen LogP contribution in [0, 0.1) is 29.3 Å². The molecule has 0 aromatic heterocycles. The predicted molar refractivity (Wildman–Crippen MR) is 126 cm³/mol. The molecule has 1 aliphatic heterocycles. The standard InChI is InChI=1S/C25H25ClF3NO5S/c26-18-6-5-15(25(31)30-16-11-19(27)23(29)20(28)12-16)10-21(18)36(32,33)17-8-13-3-4-14(9-17)24(13)35-22-2-1-7-34-22/h5-6,10-14,17,22,24H,1-4,7-9H2,(H,30,31)/t13?,14?,17-,22?,24-. The summed E-state index contributed by atoms with van der Waals surface area (Å²) >= 11 is 6.26. The Morgan fingerprint density at radius 1 is 1.03 bits per heavy atom. The quantitative estimate of drug-likeness (QED) is 0.487. The highest BCUT2D eigenvalue weighted by atomic mass is 35.5. The SMILES string of the molecule is O=C(Nc1cc(F)c(F)c(F)c1)c1ccc(Cl)c(S(=O)(=O)[C@H]2CC3CCC(C2)[C@H]3OC2CCCO2)c1. The fraction of sp³-hybridized carbons (Fsp3) is 0.480. The lowest BCUT2D eigenvalue weighted by Crippen LogP contribution is -2.40. The number of amides is 1. The summed E-state index contributed by atoms with van der Waals surface area (Å²) in [7, 11) is -3.89. The van der Waals surface area contributed by atoms with Crippen LogP contribution in [-0.2, 0) is 19.3 Å². The molecule has 3 fully saturated rings. The summed E-state index contributed by atoms with van der Waals surface area (Å²) in [6.45, 7) is 0.678. The van der Waals surface area contributed by atoms with Crippen LogP contribution in [0.1, 0.15) is 48.9 Å². The molecule has 1 N–H and O–H groups in total. The minimum atomic E-state index is -3.89. The molecule has 6 nitrogen and oxygen atoms in total. The van der Waals surface area contributed by atoms with Gasteiger partial charge >= 0.3 is 0 Å². The molecule has 2 saturated carbocycles. The third kappa shape index (κ3) is 4.88. The van der Waals surface area contributed by atoms with Crippen LogP contribution in [0.4, 0.5) is 18.9 Å². The van der Waals surface area contributed by atoms with Gasteiger partial charge in [0.25, 0.3) is 5.91 Å². The summed E-state index contributed by atoms with van der Waals surface area (Å²) in [5.41, 5.74) is -0.376. The Morgan fingerprint density at radius 3 is 2.31 bits per heavy atom. The van der Waals surface area contributed by atoms with Gasteiger partial charge in [-0.1, -0.05) is 11.6 Å². The third-order valence-electron chi connectivity index (χ3n) is 7.35. The highest BCUT2D eigenvalue weighted by molar-refractivity contribution is 7.92. The summed E-state index contributed by atoms with van der Waals surface area (Å²) in [4.78, 5) is 12.5. The highest BCUT2D eigenvalue weighted by Crippen LogP contribution is 2.48. The molecule has 11 heteroatoms. The number of hydrogen-bond acceptors (Lipinski definition) is 5. The van der Waals surface area contributed by atoms with Crippen molar-refractivity contribution in [2.45, 2.75) is 61.1 Å². The predicted octanol–water partition coefficient (Wildman–Crippen LogP) is 5.49. The molecule has 1 amide bonds. The van der Waals surface area contributed by atoms with Crippen LogP contribution >= 0.6 is 11.6 Å². The lowest BCUT2D eigenvalue weighted by Gasteiger charge is -2.36. The van der Waals surface area contributed by atoms with Gasteiger partial charge in [-0.25, -0.2) is 21.6 Å². The number of rotatable bonds is 6. The first-order valence-corrected chi connectivity index (χ1v) is 13.8. The molecule has 3 aliphatic rings. The van der Waals surface area contributed by atoms with E-state index in [1.807, 2.05) is 0 Å². The molecule has 3 unspecified atom stereocenters. The number of benzene rings is 2. The van der Waals surface area contributed by atoms with Crippen molar-refractivity contribution in [2.24, 2.45) is 11.8 Å². The third-order valence-corrected chi connectivity index (χ3v) is 10.0. The van der Waals surface area contributed by atoms with Gasteiger partial charge in [0.2, 0.25) is 0 Å². The molecule has 36 heavy (non-hydrogen) atoms. The van der Waals surface area contributed by atoms with Gasteiger partial charge in [-0.05, 0) is 62.1 Å². The maximum atomic E-state index is 13.6. The summed E-state index contributed by atoms with van der Waals surface area (Å²) in [6, 6.07) is 5.05. The number of anilines is 1. The maximum Gasteiger partial charge on any atom is 0.255 e. The molecule has 5 rings (SSSR count). The first-order valence-electron chi connectivity index (χ1n) is 11.9. The monoisotopic (exact) mass is 543 g/mol. The number of hydrogen-bond donors (Lipinski definition) is 1. The molecule has 3 atom stereocenters. The van der Waals surface area contributed by atoms with Crippen molar-refractivity contribution in [1.29, 1.82) is 0 Å². The Kier molecular flexibility index (Phi) is 7.06. The Morgan fingerprint density at radius 2 is 1.69 bits per heavy atom. The van der Waals surface area contributed by atoms with Crippen LogP contribution in [0.3, 0.4) is 0 Å². The van der Waals surface area contributed by atoms with E-state index in [2.05, 4.69) is 5.32 Å². The van der Waals surface area contributed by atoms with Crippen LogP contribution in [0.5, 0.6) is 0 Å². The van der Waals surface area contributed by atoms with E-state index in [-0.39, 0.29) is 45.4 Å². The second-order valence-corrected chi connectivity index (χ2v) is 12.2. The smallest absolute Gasteiger partial charge is 0.255 e. The topological polar surface area (TPSA) is 81.7 Å². The fourth-order valence-corrected chi connectivity index (χ4v) is 8.03. The van der Waals surface area contributed by atoms with E-state index < -0.39 is 38.4 Å². The minimum absolute atomic E-state index is 0.0181. The molecule has 0 spiro atoms. The lowest BCUT2D eigenvalue weighted by atomic mass is 9.85. The zero-order valence-electron chi connectivity index (χ0n) is 19.2. The van der Waals surface area contributed by atoms with Crippen LogP contribution in [-0.4, -0.2) is 38.6 Å². The second kappa shape index (κ2) is 9.96. The minimum Gasteiger partial charge on any atom is -0.353 e. The first-order chi connectivity index (χ1) is 17.1. The lowest BCUT2D eigenvalue weighted by molar-refractivity contribution is -0.169. The molecule has 2 aromatic carbocycles. The molecule has 2 aromatic rings. The number of halogens is 4. The summed E-state index contributed by atoms with van der Waals surface area (Å²) in [5.74, 6) is -5.20. The van der Waals surface area contributed by atoms with Gasteiger partial charge in [0.1, 0.15) is 0 Å². The Hall–Kier alpha value is -2.14. The van der Waals surface area contributed by atoms with Crippen molar-refractivity contribution in [3.05, 3.63) is 58.4 Å². The molecule has 2 aliphatic carbocycles. The summed E-state index contributed by atoms with van der Waals surface area (Å²) < 4.78 is 79.2. The van der Waals surface area contributed by atoms with Gasteiger partial charge in [-0.2, -0.15) is 0 Å². The van der Waals surface area contributed by atoms with Gasteiger partial charge in [-0.3, -0.25) is 4.79 Å².